The lowest BCUT2D eigenvalue weighted by atomic mass is 10.1. The third-order valence-electron chi connectivity index (χ3n) is 3.09. The minimum Gasteiger partial charge on any atom is -0.478 e. The van der Waals surface area contributed by atoms with Gasteiger partial charge in [0.2, 0.25) is 0 Å². The number of fused-ring (bicyclic) bond motifs is 1. The highest BCUT2D eigenvalue weighted by Gasteiger charge is 2.14. The minimum absolute atomic E-state index is 0.149. The number of aromatic carboxylic acids is 1. The molecule has 0 atom stereocenters. The molecule has 5 heteroatoms. The summed E-state index contributed by atoms with van der Waals surface area (Å²) in [6, 6.07) is 14.2. The summed E-state index contributed by atoms with van der Waals surface area (Å²) in [5.41, 5.74) is 2.41. The number of rotatable bonds is 2. The normalized spacial score (nSPS) is 10.3. The monoisotopic (exact) mass is 263 g/mol. The fourth-order valence-corrected chi connectivity index (χ4v) is 2.18. The van der Waals surface area contributed by atoms with Crippen LogP contribution in [0.3, 0.4) is 0 Å². The van der Waals surface area contributed by atoms with Crippen LogP contribution in [0.25, 0.3) is 16.7 Å². The van der Waals surface area contributed by atoms with Crippen LogP contribution in [0.1, 0.15) is 15.9 Å². The molecule has 0 aliphatic rings. The molecule has 1 aromatic heterocycles. The lowest BCUT2D eigenvalue weighted by Crippen LogP contribution is -1.98. The summed E-state index contributed by atoms with van der Waals surface area (Å²) in [6.45, 7) is 0. The number of hydrogen-bond acceptors (Lipinski definition) is 3. The summed E-state index contributed by atoms with van der Waals surface area (Å²) in [7, 11) is 0. The van der Waals surface area contributed by atoms with Gasteiger partial charge in [-0.1, -0.05) is 18.2 Å². The topological polar surface area (TPSA) is 78.9 Å². The van der Waals surface area contributed by atoms with E-state index < -0.39 is 5.97 Å². The number of aromatic nitrogens is 2. The molecule has 0 saturated heterocycles. The van der Waals surface area contributed by atoms with Crippen molar-refractivity contribution in [3.8, 4) is 11.8 Å². The molecular weight excluding hydrogens is 254 g/mol. The number of imidazole rings is 1. The average Bonchev–Trinajstić information content (AvgIpc) is 2.90. The van der Waals surface area contributed by atoms with Crippen molar-refractivity contribution in [3.63, 3.8) is 0 Å². The van der Waals surface area contributed by atoms with Gasteiger partial charge in [0.25, 0.3) is 0 Å². The van der Waals surface area contributed by atoms with Gasteiger partial charge in [0.15, 0.2) is 0 Å². The van der Waals surface area contributed by atoms with Crippen LogP contribution in [0.15, 0.2) is 48.8 Å². The van der Waals surface area contributed by atoms with Crippen molar-refractivity contribution in [2.24, 2.45) is 0 Å². The van der Waals surface area contributed by atoms with Gasteiger partial charge < -0.3 is 5.11 Å². The second-order valence-electron chi connectivity index (χ2n) is 4.22. The van der Waals surface area contributed by atoms with Gasteiger partial charge in [-0.3, -0.25) is 4.57 Å². The molecule has 0 saturated carbocycles. The van der Waals surface area contributed by atoms with Crippen molar-refractivity contribution in [3.05, 3.63) is 59.9 Å². The van der Waals surface area contributed by atoms with Gasteiger partial charge in [-0.05, 0) is 24.3 Å². The van der Waals surface area contributed by atoms with Crippen LogP contribution in [0, 0.1) is 11.3 Å². The smallest absolute Gasteiger partial charge is 0.337 e. The van der Waals surface area contributed by atoms with Gasteiger partial charge in [0.1, 0.15) is 17.9 Å². The van der Waals surface area contributed by atoms with Crippen LogP contribution >= 0.6 is 0 Å². The number of nitrogens with zero attached hydrogens (tertiary/aromatic N) is 3. The zero-order chi connectivity index (χ0) is 14.1. The molecule has 96 valence electrons. The first kappa shape index (κ1) is 11.9. The molecule has 0 aliphatic carbocycles. The Morgan fingerprint density at radius 1 is 1.20 bits per heavy atom. The van der Waals surface area contributed by atoms with Crippen molar-refractivity contribution in [1.82, 2.24) is 9.55 Å². The van der Waals surface area contributed by atoms with E-state index in [1.54, 1.807) is 34.9 Å². The number of nitriles is 1. The molecule has 0 radical (unpaired) electrons. The summed E-state index contributed by atoms with van der Waals surface area (Å²) in [4.78, 5) is 15.3. The average molecular weight is 263 g/mol. The Labute approximate surface area is 114 Å². The molecule has 0 bridgehead atoms. The molecule has 0 fully saturated rings. The number of benzene rings is 2. The van der Waals surface area contributed by atoms with Crippen molar-refractivity contribution in [2.75, 3.05) is 0 Å². The van der Waals surface area contributed by atoms with E-state index in [9.17, 15) is 4.79 Å². The molecule has 1 heterocycles. The van der Waals surface area contributed by atoms with Crippen LogP contribution < -0.4 is 0 Å². The van der Waals surface area contributed by atoms with Gasteiger partial charge in [0.05, 0.1) is 22.3 Å². The van der Waals surface area contributed by atoms with Gasteiger partial charge in [0, 0.05) is 0 Å². The molecule has 0 aliphatic heterocycles. The Hall–Kier alpha value is -3.13. The lowest BCUT2D eigenvalue weighted by molar-refractivity contribution is 0.0699. The van der Waals surface area contributed by atoms with Crippen LogP contribution in [0.5, 0.6) is 0 Å². The standard InChI is InChI=1S/C15H9N3O2/c16-8-10-4-1-2-6-12(10)18-9-17-14-11(15(19)20)5-3-7-13(14)18/h1-7,9H,(H,19,20). The summed E-state index contributed by atoms with van der Waals surface area (Å²) in [6.07, 6.45) is 1.54. The summed E-state index contributed by atoms with van der Waals surface area (Å²) in [5, 5.41) is 18.3. The molecule has 2 aromatic carbocycles. The highest BCUT2D eigenvalue weighted by atomic mass is 16.4. The molecule has 0 amide bonds. The van der Waals surface area contributed by atoms with Gasteiger partial charge >= 0.3 is 5.97 Å². The summed E-state index contributed by atoms with van der Waals surface area (Å²) in [5.74, 6) is -1.02. The first-order valence-electron chi connectivity index (χ1n) is 5.91. The predicted octanol–water partition coefficient (Wildman–Crippen LogP) is 2.60. The van der Waals surface area contributed by atoms with Crippen LogP contribution in [-0.2, 0) is 0 Å². The Morgan fingerprint density at radius 2 is 2.00 bits per heavy atom. The Kier molecular flexibility index (Phi) is 2.70. The molecule has 3 aromatic rings. The van der Waals surface area contributed by atoms with Gasteiger partial charge in [-0.2, -0.15) is 5.26 Å². The lowest BCUT2D eigenvalue weighted by Gasteiger charge is -2.06. The summed E-state index contributed by atoms with van der Waals surface area (Å²) < 4.78 is 1.72. The zero-order valence-corrected chi connectivity index (χ0v) is 10.3. The maximum absolute atomic E-state index is 11.2. The Balaban J connectivity index is 2.32. The highest BCUT2D eigenvalue weighted by molar-refractivity contribution is 6.01. The van der Waals surface area contributed by atoms with Crippen molar-refractivity contribution in [2.45, 2.75) is 0 Å². The van der Waals surface area contributed by atoms with E-state index in [4.69, 9.17) is 10.4 Å². The largest absolute Gasteiger partial charge is 0.478 e. The number of carbonyl (C=O) groups is 1. The molecular formula is C15H9N3O2. The van der Waals surface area contributed by atoms with Gasteiger partial charge in [-0.25, -0.2) is 9.78 Å². The zero-order valence-electron chi connectivity index (χ0n) is 10.3. The van der Waals surface area contributed by atoms with E-state index in [0.29, 0.717) is 22.3 Å². The second-order valence-corrected chi connectivity index (χ2v) is 4.22. The van der Waals surface area contributed by atoms with E-state index in [1.807, 2.05) is 6.07 Å². The number of para-hydroxylation sites is 2. The highest BCUT2D eigenvalue weighted by Crippen LogP contribution is 2.23. The maximum atomic E-state index is 11.2. The number of hydrogen-bond donors (Lipinski definition) is 1. The molecule has 0 unspecified atom stereocenters. The second kappa shape index (κ2) is 4.52. The van der Waals surface area contributed by atoms with Crippen molar-refractivity contribution >= 4 is 17.0 Å². The third kappa shape index (κ3) is 1.71. The molecule has 3 rings (SSSR count). The van der Waals surface area contributed by atoms with Gasteiger partial charge in [-0.15, -0.1) is 0 Å². The summed E-state index contributed by atoms with van der Waals surface area (Å²) >= 11 is 0. The van der Waals surface area contributed by atoms with Crippen LogP contribution in [-0.4, -0.2) is 20.6 Å². The molecule has 1 N–H and O–H groups in total. The number of carboxylic acid groups (broad SMARTS) is 1. The van der Waals surface area contributed by atoms with E-state index >= 15 is 0 Å². The predicted molar refractivity (Wildman–Crippen MR) is 72.7 cm³/mol. The van der Waals surface area contributed by atoms with E-state index in [2.05, 4.69) is 11.1 Å². The van der Waals surface area contributed by atoms with Crippen molar-refractivity contribution < 1.29 is 9.90 Å². The van der Waals surface area contributed by atoms with E-state index in [-0.39, 0.29) is 5.56 Å². The fraction of sp³-hybridized carbons (Fsp3) is 0. The Bertz CT molecular complexity index is 859. The quantitative estimate of drug-likeness (QED) is 0.770. The van der Waals surface area contributed by atoms with Crippen molar-refractivity contribution in [1.29, 1.82) is 5.26 Å². The minimum atomic E-state index is -1.02. The molecule has 0 spiro atoms. The first-order chi connectivity index (χ1) is 9.72. The Morgan fingerprint density at radius 3 is 2.75 bits per heavy atom. The fourth-order valence-electron chi connectivity index (χ4n) is 2.18. The van der Waals surface area contributed by atoms with Crippen LogP contribution in [0.4, 0.5) is 0 Å². The SMILES string of the molecule is N#Cc1ccccc1-n1cnc2c(C(=O)O)cccc21. The first-order valence-corrected chi connectivity index (χ1v) is 5.91. The van der Waals surface area contributed by atoms with E-state index in [1.165, 1.54) is 12.4 Å². The third-order valence-corrected chi connectivity index (χ3v) is 3.09. The number of carboxylic acids is 1. The molecule has 5 nitrogen and oxygen atoms in total. The molecule has 20 heavy (non-hydrogen) atoms. The van der Waals surface area contributed by atoms with E-state index in [0.717, 1.165) is 0 Å². The maximum Gasteiger partial charge on any atom is 0.337 e. The van der Waals surface area contributed by atoms with Crippen LogP contribution in [0.2, 0.25) is 0 Å².